The Morgan fingerprint density at radius 1 is 0.862 bits per heavy atom. The predicted octanol–water partition coefficient (Wildman–Crippen LogP) is 3.09. The van der Waals surface area contributed by atoms with E-state index in [0.717, 1.165) is 16.8 Å². The van der Waals surface area contributed by atoms with Crippen molar-refractivity contribution in [1.82, 2.24) is 30.0 Å². The molecule has 0 aliphatic carbocycles. The Morgan fingerprint density at radius 2 is 1.69 bits per heavy atom. The normalized spacial score (nSPS) is 10.9. The Morgan fingerprint density at radius 3 is 2.45 bits per heavy atom. The van der Waals surface area contributed by atoms with Gasteiger partial charge in [0.15, 0.2) is 11.5 Å². The molecule has 0 radical (unpaired) electrons. The molecule has 1 N–H and O–H groups in total. The summed E-state index contributed by atoms with van der Waals surface area (Å²) in [6.45, 7) is 0. The maximum absolute atomic E-state index is 12.0. The number of pyridine rings is 1. The monoisotopic (exact) mass is 383 g/mol. The van der Waals surface area contributed by atoms with Gasteiger partial charge in [-0.3, -0.25) is 9.78 Å². The van der Waals surface area contributed by atoms with Crippen molar-refractivity contribution >= 4 is 17.2 Å². The van der Waals surface area contributed by atoms with E-state index in [1.165, 1.54) is 12.3 Å². The highest BCUT2D eigenvalue weighted by Crippen LogP contribution is 2.22. The first-order chi connectivity index (χ1) is 14.3. The van der Waals surface area contributed by atoms with Crippen LogP contribution in [0.15, 0.2) is 77.7 Å². The van der Waals surface area contributed by atoms with Crippen molar-refractivity contribution in [3.63, 3.8) is 0 Å². The van der Waals surface area contributed by atoms with E-state index in [4.69, 9.17) is 4.52 Å². The first-order valence-electron chi connectivity index (χ1n) is 8.73. The smallest absolute Gasteiger partial charge is 0.294 e. The topological polar surface area (TPSA) is 111 Å². The summed E-state index contributed by atoms with van der Waals surface area (Å²) >= 11 is 0. The van der Waals surface area contributed by atoms with Crippen LogP contribution in [0.2, 0.25) is 0 Å². The molecular formula is C20H13N7O2. The van der Waals surface area contributed by atoms with Crippen LogP contribution >= 0.6 is 0 Å². The van der Waals surface area contributed by atoms with Gasteiger partial charge in [-0.05, 0) is 36.4 Å². The number of amides is 1. The summed E-state index contributed by atoms with van der Waals surface area (Å²) < 4.78 is 6.55. The summed E-state index contributed by atoms with van der Waals surface area (Å²) in [5, 5.41) is 19.4. The van der Waals surface area contributed by atoms with Gasteiger partial charge in [0.25, 0.3) is 5.91 Å². The number of hydrogen-bond acceptors (Lipinski definition) is 7. The number of fused-ring (bicyclic) bond motifs is 1. The second kappa shape index (κ2) is 6.97. The molecule has 0 fully saturated rings. The van der Waals surface area contributed by atoms with E-state index in [1.54, 1.807) is 29.0 Å². The van der Waals surface area contributed by atoms with Gasteiger partial charge in [-0.25, -0.2) is 0 Å². The maximum Gasteiger partial charge on any atom is 0.294 e. The zero-order valence-electron chi connectivity index (χ0n) is 14.9. The molecule has 0 saturated carbocycles. The lowest BCUT2D eigenvalue weighted by Gasteiger charge is -2.06. The second-order valence-corrected chi connectivity index (χ2v) is 6.16. The van der Waals surface area contributed by atoms with Crippen LogP contribution in [0.3, 0.4) is 0 Å². The van der Waals surface area contributed by atoms with Gasteiger partial charge < -0.3 is 9.84 Å². The van der Waals surface area contributed by atoms with E-state index in [0.29, 0.717) is 17.2 Å². The summed E-state index contributed by atoms with van der Waals surface area (Å²) in [7, 11) is 0. The maximum atomic E-state index is 12.0. The van der Waals surface area contributed by atoms with Gasteiger partial charge in [-0.15, -0.1) is 10.2 Å². The molecule has 0 aliphatic heterocycles. The molecular weight excluding hydrogens is 370 g/mol. The summed E-state index contributed by atoms with van der Waals surface area (Å²) in [6.07, 6.45) is 4.82. The fourth-order valence-electron chi connectivity index (χ4n) is 2.87. The number of anilines is 1. The van der Waals surface area contributed by atoms with E-state index in [9.17, 15) is 4.79 Å². The van der Waals surface area contributed by atoms with Crippen LogP contribution in [-0.4, -0.2) is 35.9 Å². The highest BCUT2D eigenvalue weighted by atomic mass is 16.5. The fraction of sp³-hybridized carbons (Fsp3) is 0. The predicted molar refractivity (Wildman–Crippen MR) is 104 cm³/mol. The molecule has 0 aliphatic rings. The zero-order valence-corrected chi connectivity index (χ0v) is 14.9. The highest BCUT2D eigenvalue weighted by molar-refractivity contribution is 6.02. The molecule has 140 valence electrons. The fourth-order valence-corrected chi connectivity index (χ4v) is 2.87. The molecule has 1 aromatic carbocycles. The van der Waals surface area contributed by atoms with Crippen molar-refractivity contribution in [1.29, 1.82) is 0 Å². The van der Waals surface area contributed by atoms with Crippen LogP contribution in [0.4, 0.5) is 5.69 Å². The van der Waals surface area contributed by atoms with Gasteiger partial charge in [0.1, 0.15) is 0 Å². The van der Waals surface area contributed by atoms with Crippen molar-refractivity contribution in [3.05, 3.63) is 78.9 Å². The van der Waals surface area contributed by atoms with Crippen LogP contribution < -0.4 is 5.32 Å². The number of carbonyl (C=O) groups excluding carboxylic acids is 1. The van der Waals surface area contributed by atoms with E-state index in [1.807, 2.05) is 36.4 Å². The molecule has 9 nitrogen and oxygen atoms in total. The summed E-state index contributed by atoms with van der Waals surface area (Å²) in [4.78, 5) is 16.1. The molecule has 5 aromatic rings. The van der Waals surface area contributed by atoms with Crippen molar-refractivity contribution in [2.45, 2.75) is 0 Å². The minimum Gasteiger partial charge on any atom is -0.351 e. The van der Waals surface area contributed by atoms with Gasteiger partial charge in [0, 0.05) is 35.3 Å². The Labute approximate surface area is 164 Å². The third kappa shape index (κ3) is 3.21. The molecule has 9 heteroatoms. The van der Waals surface area contributed by atoms with Gasteiger partial charge in [-0.2, -0.15) is 9.61 Å². The lowest BCUT2D eigenvalue weighted by Crippen LogP contribution is -2.10. The minimum absolute atomic E-state index is 0.150. The first kappa shape index (κ1) is 16.8. The lowest BCUT2D eigenvalue weighted by molar-refractivity contribution is 0.0988. The molecule has 29 heavy (non-hydrogen) atoms. The van der Waals surface area contributed by atoms with Crippen LogP contribution in [0.25, 0.3) is 28.3 Å². The van der Waals surface area contributed by atoms with E-state index in [-0.39, 0.29) is 11.7 Å². The molecule has 4 aromatic heterocycles. The largest absolute Gasteiger partial charge is 0.351 e. The molecule has 5 rings (SSSR count). The number of nitrogens with one attached hydrogen (secondary N) is 1. The third-order valence-corrected chi connectivity index (χ3v) is 4.30. The number of aromatic nitrogens is 6. The van der Waals surface area contributed by atoms with Crippen LogP contribution in [0, 0.1) is 0 Å². The quantitative estimate of drug-likeness (QED) is 0.507. The number of rotatable bonds is 4. The molecule has 0 atom stereocenters. The molecule has 4 heterocycles. The molecule has 0 saturated heterocycles. The van der Waals surface area contributed by atoms with Crippen molar-refractivity contribution < 1.29 is 9.32 Å². The number of carbonyl (C=O) groups is 1. The number of hydrogen-bond donors (Lipinski definition) is 1. The standard InChI is InChI=1S/C20H13N7O2/c28-20(17-9-12-22-29-17)23-15-3-1-13(2-4-15)16-5-6-18-24-25-19(27(18)26-16)14-7-10-21-11-8-14/h1-12H,(H,23,28). The highest BCUT2D eigenvalue weighted by Gasteiger charge is 2.12. The Hall–Kier alpha value is -4.40. The van der Waals surface area contributed by atoms with E-state index in [2.05, 4.69) is 30.8 Å². The minimum atomic E-state index is -0.360. The van der Waals surface area contributed by atoms with Gasteiger partial charge in [0.05, 0.1) is 11.9 Å². The van der Waals surface area contributed by atoms with Crippen LogP contribution in [0.1, 0.15) is 10.6 Å². The van der Waals surface area contributed by atoms with Gasteiger partial charge in [0.2, 0.25) is 5.76 Å². The van der Waals surface area contributed by atoms with Crippen molar-refractivity contribution in [2.24, 2.45) is 0 Å². The van der Waals surface area contributed by atoms with E-state index >= 15 is 0 Å². The average molecular weight is 383 g/mol. The summed E-state index contributed by atoms with van der Waals surface area (Å²) in [5.74, 6) is 0.430. The van der Waals surface area contributed by atoms with Crippen LogP contribution in [-0.2, 0) is 0 Å². The second-order valence-electron chi connectivity index (χ2n) is 6.16. The van der Waals surface area contributed by atoms with Gasteiger partial charge >= 0.3 is 0 Å². The first-order valence-corrected chi connectivity index (χ1v) is 8.73. The third-order valence-electron chi connectivity index (χ3n) is 4.30. The van der Waals surface area contributed by atoms with E-state index < -0.39 is 0 Å². The Bertz CT molecular complexity index is 1280. The molecule has 1 amide bonds. The number of benzene rings is 1. The summed E-state index contributed by atoms with van der Waals surface area (Å²) in [5.41, 5.74) is 3.80. The molecule has 0 spiro atoms. The lowest BCUT2D eigenvalue weighted by atomic mass is 10.1. The molecule has 0 unspecified atom stereocenters. The molecule has 0 bridgehead atoms. The Kier molecular flexibility index (Phi) is 4.02. The van der Waals surface area contributed by atoms with Gasteiger partial charge in [-0.1, -0.05) is 17.3 Å². The Balaban J connectivity index is 1.44. The zero-order chi connectivity index (χ0) is 19.6. The van der Waals surface area contributed by atoms with Crippen molar-refractivity contribution in [3.8, 4) is 22.6 Å². The SMILES string of the molecule is O=C(Nc1ccc(-c2ccc3nnc(-c4ccncc4)n3n2)cc1)c1ccno1. The summed E-state index contributed by atoms with van der Waals surface area (Å²) in [6, 6.07) is 16.3. The number of nitrogens with zero attached hydrogens (tertiary/aromatic N) is 6. The van der Waals surface area contributed by atoms with Crippen molar-refractivity contribution in [2.75, 3.05) is 5.32 Å². The van der Waals surface area contributed by atoms with Crippen LogP contribution in [0.5, 0.6) is 0 Å². The average Bonchev–Trinajstić information content (AvgIpc) is 3.45.